The van der Waals surface area contributed by atoms with Gasteiger partial charge in [0, 0.05) is 26.1 Å². The number of rotatable bonds is 8. The Balaban J connectivity index is 1.98. The Morgan fingerprint density at radius 2 is 2.21 bits per heavy atom. The zero-order valence-electron chi connectivity index (χ0n) is 11.5. The van der Waals surface area contributed by atoms with Crippen molar-refractivity contribution in [2.75, 3.05) is 19.7 Å². The third-order valence-corrected chi connectivity index (χ3v) is 3.24. The molecular weight excluding hydrogens is 248 g/mol. The lowest BCUT2D eigenvalue weighted by atomic mass is 10.1. The Hall–Kier alpha value is -1.30. The zero-order chi connectivity index (χ0) is 14.1. The van der Waals surface area contributed by atoms with Crippen LogP contribution in [0, 0.1) is 5.92 Å². The average molecular weight is 272 g/mol. The number of urea groups is 1. The lowest BCUT2D eigenvalue weighted by Crippen LogP contribution is -2.39. The summed E-state index contributed by atoms with van der Waals surface area (Å²) in [5.41, 5.74) is 0. The summed E-state index contributed by atoms with van der Waals surface area (Å²) in [5, 5.41) is 14.1. The van der Waals surface area contributed by atoms with E-state index in [2.05, 4.69) is 10.6 Å². The van der Waals surface area contributed by atoms with Crippen LogP contribution in [0.3, 0.4) is 0 Å². The lowest BCUT2D eigenvalue weighted by Gasteiger charge is -2.13. The molecule has 0 radical (unpaired) electrons. The molecule has 0 aliphatic carbocycles. The molecule has 1 aliphatic heterocycles. The van der Waals surface area contributed by atoms with E-state index in [1.807, 2.05) is 6.92 Å². The second kappa shape index (κ2) is 8.74. The highest BCUT2D eigenvalue weighted by atomic mass is 16.5. The van der Waals surface area contributed by atoms with E-state index in [1.54, 1.807) is 0 Å². The maximum Gasteiger partial charge on any atom is 0.314 e. The summed E-state index contributed by atoms with van der Waals surface area (Å²) in [6.45, 7) is 3.87. The highest BCUT2D eigenvalue weighted by Crippen LogP contribution is 2.14. The second-order valence-electron chi connectivity index (χ2n) is 5.10. The monoisotopic (exact) mass is 272 g/mol. The van der Waals surface area contributed by atoms with E-state index in [1.165, 1.54) is 0 Å². The SMILES string of the molecule is CC(CCC(=O)O)CNC(=O)NCCC1CCCO1. The first-order valence-electron chi connectivity index (χ1n) is 6.93. The molecule has 6 nitrogen and oxygen atoms in total. The van der Waals surface area contributed by atoms with Crippen LogP contribution in [-0.2, 0) is 9.53 Å². The van der Waals surface area contributed by atoms with Gasteiger partial charge in [-0.25, -0.2) is 4.79 Å². The van der Waals surface area contributed by atoms with E-state index in [4.69, 9.17) is 9.84 Å². The molecule has 0 aromatic heterocycles. The molecule has 1 saturated heterocycles. The number of carboxylic acids is 1. The van der Waals surface area contributed by atoms with Crippen molar-refractivity contribution >= 4 is 12.0 Å². The molecule has 1 heterocycles. The van der Waals surface area contributed by atoms with Gasteiger partial charge in [-0.3, -0.25) is 4.79 Å². The van der Waals surface area contributed by atoms with Crippen molar-refractivity contribution in [2.45, 2.75) is 45.1 Å². The van der Waals surface area contributed by atoms with Gasteiger partial charge in [0.2, 0.25) is 0 Å². The van der Waals surface area contributed by atoms with Gasteiger partial charge in [-0.2, -0.15) is 0 Å². The number of ether oxygens (including phenoxy) is 1. The number of carbonyl (C=O) groups is 2. The van der Waals surface area contributed by atoms with E-state index in [9.17, 15) is 9.59 Å². The van der Waals surface area contributed by atoms with Crippen molar-refractivity contribution < 1.29 is 19.4 Å². The van der Waals surface area contributed by atoms with Crippen molar-refractivity contribution in [3.63, 3.8) is 0 Å². The number of carbonyl (C=O) groups excluding carboxylic acids is 1. The smallest absolute Gasteiger partial charge is 0.314 e. The normalized spacial score (nSPS) is 19.9. The molecule has 0 spiro atoms. The summed E-state index contributed by atoms with van der Waals surface area (Å²) in [6, 6.07) is -0.194. The van der Waals surface area contributed by atoms with Crippen molar-refractivity contribution in [1.29, 1.82) is 0 Å². The van der Waals surface area contributed by atoms with Gasteiger partial charge < -0.3 is 20.5 Å². The Bertz CT molecular complexity index is 290. The number of carboxylic acid groups (broad SMARTS) is 1. The van der Waals surface area contributed by atoms with Gasteiger partial charge in [0.15, 0.2) is 0 Å². The van der Waals surface area contributed by atoms with Gasteiger partial charge in [-0.15, -0.1) is 0 Å². The fourth-order valence-electron chi connectivity index (χ4n) is 2.02. The van der Waals surface area contributed by atoms with Gasteiger partial charge in [0.05, 0.1) is 6.10 Å². The van der Waals surface area contributed by atoms with E-state index in [-0.39, 0.29) is 24.5 Å². The minimum absolute atomic E-state index is 0.142. The summed E-state index contributed by atoms with van der Waals surface area (Å²) in [6.07, 6.45) is 4.04. The molecule has 2 atom stereocenters. The van der Waals surface area contributed by atoms with Crippen LogP contribution in [-0.4, -0.2) is 42.9 Å². The molecule has 1 fully saturated rings. The van der Waals surface area contributed by atoms with Gasteiger partial charge >= 0.3 is 12.0 Å². The third-order valence-electron chi connectivity index (χ3n) is 3.24. The molecule has 2 unspecified atom stereocenters. The number of nitrogens with one attached hydrogen (secondary N) is 2. The van der Waals surface area contributed by atoms with Crippen LogP contribution in [0.25, 0.3) is 0 Å². The zero-order valence-corrected chi connectivity index (χ0v) is 11.5. The maximum atomic E-state index is 11.5. The Morgan fingerprint density at radius 1 is 1.42 bits per heavy atom. The van der Waals surface area contributed by atoms with Crippen LogP contribution in [0.2, 0.25) is 0 Å². The topological polar surface area (TPSA) is 87.7 Å². The predicted molar refractivity (Wildman–Crippen MR) is 71.0 cm³/mol. The minimum Gasteiger partial charge on any atom is -0.481 e. The number of amides is 2. The molecule has 0 bridgehead atoms. The first-order chi connectivity index (χ1) is 9.08. The first-order valence-corrected chi connectivity index (χ1v) is 6.93. The quantitative estimate of drug-likeness (QED) is 0.622. The molecular formula is C13H24N2O4. The minimum atomic E-state index is -0.798. The number of aliphatic carboxylic acids is 1. The Labute approximate surface area is 113 Å². The van der Waals surface area contributed by atoms with Crippen LogP contribution < -0.4 is 10.6 Å². The van der Waals surface area contributed by atoms with Crippen LogP contribution in [0.4, 0.5) is 4.79 Å². The molecule has 110 valence electrons. The predicted octanol–water partition coefficient (Wildman–Crippen LogP) is 1.36. The summed E-state index contributed by atoms with van der Waals surface area (Å²) < 4.78 is 5.46. The molecule has 3 N–H and O–H groups in total. The van der Waals surface area contributed by atoms with Crippen molar-refractivity contribution in [2.24, 2.45) is 5.92 Å². The van der Waals surface area contributed by atoms with Crippen molar-refractivity contribution in [1.82, 2.24) is 10.6 Å². The molecule has 1 aliphatic rings. The van der Waals surface area contributed by atoms with E-state index in [0.717, 1.165) is 25.9 Å². The van der Waals surface area contributed by atoms with E-state index < -0.39 is 5.97 Å². The largest absolute Gasteiger partial charge is 0.481 e. The Morgan fingerprint density at radius 3 is 2.84 bits per heavy atom. The lowest BCUT2D eigenvalue weighted by molar-refractivity contribution is -0.137. The summed E-state index contributed by atoms with van der Waals surface area (Å²) >= 11 is 0. The first kappa shape index (κ1) is 15.8. The van der Waals surface area contributed by atoms with Gasteiger partial charge in [-0.1, -0.05) is 6.92 Å². The molecule has 0 saturated carbocycles. The third kappa shape index (κ3) is 7.66. The summed E-state index contributed by atoms with van der Waals surface area (Å²) in [7, 11) is 0. The van der Waals surface area contributed by atoms with Gasteiger partial charge in [0.25, 0.3) is 0 Å². The molecule has 0 aromatic rings. The van der Waals surface area contributed by atoms with Crippen LogP contribution in [0.15, 0.2) is 0 Å². The van der Waals surface area contributed by atoms with Gasteiger partial charge in [0.1, 0.15) is 0 Å². The second-order valence-corrected chi connectivity index (χ2v) is 5.10. The van der Waals surface area contributed by atoms with Crippen molar-refractivity contribution in [3.8, 4) is 0 Å². The summed E-state index contributed by atoms with van der Waals surface area (Å²) in [5.74, 6) is -0.632. The summed E-state index contributed by atoms with van der Waals surface area (Å²) in [4.78, 5) is 21.9. The molecule has 19 heavy (non-hydrogen) atoms. The van der Waals surface area contributed by atoms with Gasteiger partial charge in [-0.05, 0) is 31.6 Å². The fourth-order valence-corrected chi connectivity index (χ4v) is 2.02. The standard InChI is InChI=1S/C13H24N2O4/c1-10(4-5-12(16)17)9-15-13(18)14-7-6-11-3-2-8-19-11/h10-11H,2-9H2,1H3,(H,16,17)(H2,14,15,18). The molecule has 2 amide bonds. The van der Waals surface area contributed by atoms with Crippen LogP contribution >= 0.6 is 0 Å². The highest BCUT2D eigenvalue weighted by molar-refractivity contribution is 5.73. The highest BCUT2D eigenvalue weighted by Gasteiger charge is 2.15. The fraction of sp³-hybridized carbons (Fsp3) is 0.846. The number of hydrogen-bond donors (Lipinski definition) is 3. The van der Waals surface area contributed by atoms with E-state index in [0.29, 0.717) is 19.5 Å². The molecule has 0 aromatic carbocycles. The average Bonchev–Trinajstić information content (AvgIpc) is 2.87. The number of hydrogen-bond acceptors (Lipinski definition) is 3. The molecule has 1 rings (SSSR count). The van der Waals surface area contributed by atoms with Crippen LogP contribution in [0.1, 0.15) is 39.0 Å². The van der Waals surface area contributed by atoms with Crippen LogP contribution in [0.5, 0.6) is 0 Å². The Kier molecular flexibility index (Phi) is 7.25. The maximum absolute atomic E-state index is 11.5. The molecule has 6 heteroatoms. The van der Waals surface area contributed by atoms with E-state index >= 15 is 0 Å². The van der Waals surface area contributed by atoms with Crippen molar-refractivity contribution in [3.05, 3.63) is 0 Å².